The molecular weight excluding hydrogens is 250 g/mol. The van der Waals surface area contributed by atoms with Crippen LogP contribution in [0, 0.1) is 11.8 Å². The summed E-state index contributed by atoms with van der Waals surface area (Å²) in [5, 5.41) is 4.22. The molecule has 1 aromatic heterocycles. The first-order valence-corrected chi connectivity index (χ1v) is 8.15. The Morgan fingerprint density at radius 1 is 1.20 bits per heavy atom. The Balaban J connectivity index is 1.89. The van der Waals surface area contributed by atoms with Crippen molar-refractivity contribution in [3.8, 4) is 0 Å². The predicted octanol–water partition coefficient (Wildman–Crippen LogP) is 3.84. The minimum Gasteiger partial charge on any atom is -0.339 e. The molecule has 1 unspecified atom stereocenters. The molecule has 0 bridgehead atoms. The Bertz CT molecular complexity index is 394. The molecule has 20 heavy (non-hydrogen) atoms. The molecular formula is C16H29N3O. The Hall–Kier alpha value is -0.900. The van der Waals surface area contributed by atoms with Gasteiger partial charge in [0.2, 0.25) is 5.89 Å². The second-order valence-corrected chi connectivity index (χ2v) is 6.68. The molecule has 1 atom stereocenters. The summed E-state index contributed by atoms with van der Waals surface area (Å²) >= 11 is 0. The smallest absolute Gasteiger partial charge is 0.229 e. The highest BCUT2D eigenvalue weighted by Crippen LogP contribution is 2.37. The molecule has 0 amide bonds. The molecule has 2 N–H and O–H groups in total. The maximum absolute atomic E-state index is 5.55. The standard InChI is InChI=1S/C16H29N3O/c1-11(2)13-6-8-14(9-7-13)15-18-16(20-19-15)12(3)5-4-10-17/h11-14H,4-10,17H2,1-3H3. The summed E-state index contributed by atoms with van der Waals surface area (Å²) in [5.74, 6) is 4.23. The molecule has 1 aliphatic carbocycles. The normalized spacial score (nSPS) is 25.1. The van der Waals surface area contributed by atoms with Crippen LogP contribution in [0.4, 0.5) is 0 Å². The molecule has 1 fully saturated rings. The summed E-state index contributed by atoms with van der Waals surface area (Å²) in [6.07, 6.45) is 7.05. The van der Waals surface area contributed by atoms with Crippen LogP contribution >= 0.6 is 0 Å². The summed E-state index contributed by atoms with van der Waals surface area (Å²) in [6.45, 7) is 7.53. The van der Waals surface area contributed by atoms with E-state index in [1.54, 1.807) is 0 Å². The molecule has 0 spiro atoms. The summed E-state index contributed by atoms with van der Waals surface area (Å²) in [7, 11) is 0. The van der Waals surface area contributed by atoms with E-state index >= 15 is 0 Å². The van der Waals surface area contributed by atoms with Crippen LogP contribution in [-0.4, -0.2) is 16.7 Å². The SMILES string of the molecule is CC(CCCN)c1nc(C2CCC(C(C)C)CC2)no1. The van der Waals surface area contributed by atoms with E-state index in [9.17, 15) is 0 Å². The zero-order chi connectivity index (χ0) is 14.5. The second-order valence-electron chi connectivity index (χ2n) is 6.68. The topological polar surface area (TPSA) is 64.9 Å². The van der Waals surface area contributed by atoms with Crippen molar-refractivity contribution in [2.45, 2.75) is 71.1 Å². The molecule has 114 valence electrons. The van der Waals surface area contributed by atoms with E-state index in [0.717, 1.165) is 42.9 Å². The molecule has 1 aliphatic rings. The number of nitrogens with two attached hydrogens (primary N) is 1. The van der Waals surface area contributed by atoms with Crippen molar-refractivity contribution in [2.24, 2.45) is 17.6 Å². The van der Waals surface area contributed by atoms with Gasteiger partial charge in [-0.25, -0.2) is 0 Å². The third-order valence-corrected chi connectivity index (χ3v) is 4.80. The summed E-state index contributed by atoms with van der Waals surface area (Å²) in [6, 6.07) is 0. The predicted molar refractivity (Wildman–Crippen MR) is 80.5 cm³/mol. The van der Waals surface area contributed by atoms with E-state index in [4.69, 9.17) is 10.3 Å². The van der Waals surface area contributed by atoms with Crippen molar-refractivity contribution >= 4 is 0 Å². The minimum absolute atomic E-state index is 0.326. The maximum Gasteiger partial charge on any atom is 0.229 e. The lowest BCUT2D eigenvalue weighted by Gasteiger charge is -2.29. The second kappa shape index (κ2) is 7.21. The lowest BCUT2D eigenvalue weighted by molar-refractivity contribution is 0.251. The Morgan fingerprint density at radius 2 is 1.90 bits per heavy atom. The van der Waals surface area contributed by atoms with E-state index in [1.165, 1.54) is 25.7 Å². The number of hydrogen-bond donors (Lipinski definition) is 1. The van der Waals surface area contributed by atoms with E-state index in [0.29, 0.717) is 11.8 Å². The average Bonchev–Trinajstić information content (AvgIpc) is 2.94. The summed E-state index contributed by atoms with van der Waals surface area (Å²) < 4.78 is 5.45. The molecule has 1 saturated carbocycles. The Morgan fingerprint density at radius 3 is 2.50 bits per heavy atom. The molecule has 1 heterocycles. The van der Waals surface area contributed by atoms with Crippen molar-refractivity contribution < 1.29 is 4.52 Å². The highest BCUT2D eigenvalue weighted by molar-refractivity contribution is 5.00. The quantitative estimate of drug-likeness (QED) is 0.859. The summed E-state index contributed by atoms with van der Waals surface area (Å²) in [5.41, 5.74) is 5.55. The van der Waals surface area contributed by atoms with Crippen LogP contribution in [0.1, 0.15) is 82.8 Å². The molecule has 1 aromatic rings. The Kier molecular flexibility index (Phi) is 5.58. The average molecular weight is 279 g/mol. The number of nitrogens with zero attached hydrogens (tertiary/aromatic N) is 2. The highest BCUT2D eigenvalue weighted by Gasteiger charge is 2.27. The van der Waals surface area contributed by atoms with Gasteiger partial charge in [0.05, 0.1) is 0 Å². The van der Waals surface area contributed by atoms with Crippen LogP contribution in [0.15, 0.2) is 4.52 Å². The lowest BCUT2D eigenvalue weighted by Crippen LogP contribution is -2.18. The third-order valence-electron chi connectivity index (χ3n) is 4.80. The van der Waals surface area contributed by atoms with Gasteiger partial charge in [-0.3, -0.25) is 0 Å². The molecule has 0 radical (unpaired) electrons. The van der Waals surface area contributed by atoms with Gasteiger partial charge in [0, 0.05) is 11.8 Å². The van der Waals surface area contributed by atoms with Gasteiger partial charge in [0.15, 0.2) is 5.82 Å². The fraction of sp³-hybridized carbons (Fsp3) is 0.875. The van der Waals surface area contributed by atoms with Crippen LogP contribution in [0.25, 0.3) is 0 Å². The minimum atomic E-state index is 0.326. The van der Waals surface area contributed by atoms with Gasteiger partial charge < -0.3 is 10.3 Å². The van der Waals surface area contributed by atoms with Crippen molar-refractivity contribution in [1.82, 2.24) is 10.1 Å². The van der Waals surface area contributed by atoms with Gasteiger partial charge in [0.1, 0.15) is 0 Å². The summed E-state index contributed by atoms with van der Waals surface area (Å²) in [4.78, 5) is 4.64. The van der Waals surface area contributed by atoms with Crippen LogP contribution in [0.2, 0.25) is 0 Å². The largest absolute Gasteiger partial charge is 0.339 e. The third kappa shape index (κ3) is 3.81. The van der Waals surface area contributed by atoms with Gasteiger partial charge in [0.25, 0.3) is 0 Å². The van der Waals surface area contributed by atoms with Crippen LogP contribution in [0.5, 0.6) is 0 Å². The van der Waals surface area contributed by atoms with Crippen LogP contribution in [0.3, 0.4) is 0 Å². The fourth-order valence-corrected chi connectivity index (χ4v) is 3.20. The van der Waals surface area contributed by atoms with Crippen molar-refractivity contribution in [1.29, 1.82) is 0 Å². The van der Waals surface area contributed by atoms with E-state index in [-0.39, 0.29) is 0 Å². The molecule has 4 nitrogen and oxygen atoms in total. The molecule has 2 rings (SSSR count). The van der Waals surface area contributed by atoms with Gasteiger partial charge >= 0.3 is 0 Å². The molecule has 0 aliphatic heterocycles. The first-order valence-electron chi connectivity index (χ1n) is 8.15. The lowest BCUT2D eigenvalue weighted by atomic mass is 9.77. The fourth-order valence-electron chi connectivity index (χ4n) is 3.20. The monoisotopic (exact) mass is 279 g/mol. The zero-order valence-corrected chi connectivity index (χ0v) is 13.1. The van der Waals surface area contributed by atoms with E-state index < -0.39 is 0 Å². The van der Waals surface area contributed by atoms with Gasteiger partial charge in [-0.1, -0.05) is 25.9 Å². The number of rotatable bonds is 6. The van der Waals surface area contributed by atoms with Gasteiger partial charge in [-0.15, -0.1) is 0 Å². The van der Waals surface area contributed by atoms with Gasteiger partial charge in [-0.2, -0.15) is 4.98 Å². The molecule has 0 saturated heterocycles. The Labute approximate surface area is 122 Å². The van der Waals surface area contributed by atoms with Crippen LogP contribution < -0.4 is 5.73 Å². The highest BCUT2D eigenvalue weighted by atomic mass is 16.5. The van der Waals surface area contributed by atoms with E-state index in [1.807, 2.05) is 0 Å². The number of hydrogen-bond acceptors (Lipinski definition) is 4. The van der Waals surface area contributed by atoms with Crippen LogP contribution in [-0.2, 0) is 0 Å². The first kappa shape index (κ1) is 15.5. The first-order chi connectivity index (χ1) is 9.61. The van der Waals surface area contributed by atoms with Crippen molar-refractivity contribution in [3.05, 3.63) is 11.7 Å². The van der Waals surface area contributed by atoms with Crippen molar-refractivity contribution in [3.63, 3.8) is 0 Å². The van der Waals surface area contributed by atoms with E-state index in [2.05, 4.69) is 30.9 Å². The maximum atomic E-state index is 5.55. The molecule has 0 aromatic carbocycles. The van der Waals surface area contributed by atoms with Crippen molar-refractivity contribution in [2.75, 3.05) is 6.54 Å². The van der Waals surface area contributed by atoms with Gasteiger partial charge in [-0.05, 0) is 56.9 Å². The molecule has 4 heteroatoms. The number of aromatic nitrogens is 2. The zero-order valence-electron chi connectivity index (χ0n) is 13.1.